The standard InChI is InChI=1S/C7H4BF3O2/c9-7(10,11)5-2-1-3-6(4-5)13-8-12/h1-4H. The molecule has 0 saturated carbocycles. The molecular weight excluding hydrogens is 184 g/mol. The van der Waals surface area contributed by atoms with E-state index in [1.54, 1.807) is 0 Å². The van der Waals surface area contributed by atoms with Gasteiger partial charge in [-0.1, -0.05) is 0 Å². The predicted molar refractivity (Wildman–Crippen MR) is 38.5 cm³/mol. The van der Waals surface area contributed by atoms with Crippen molar-refractivity contribution < 1.29 is 22.5 Å². The molecular formula is C7H4BF3O2. The monoisotopic (exact) mass is 188 g/mol. The minimum absolute atomic E-state index is 0.0789. The van der Waals surface area contributed by atoms with E-state index in [1.165, 1.54) is 12.1 Å². The van der Waals surface area contributed by atoms with E-state index in [0.29, 0.717) is 0 Å². The van der Waals surface area contributed by atoms with Gasteiger partial charge in [-0.25, -0.2) is 0 Å². The van der Waals surface area contributed by atoms with Gasteiger partial charge in [0.15, 0.2) is 0 Å². The van der Waals surface area contributed by atoms with Crippen LogP contribution in [0.2, 0.25) is 0 Å². The first-order valence-electron chi connectivity index (χ1n) is 3.31. The van der Waals surface area contributed by atoms with Gasteiger partial charge in [-0.15, -0.1) is 0 Å². The van der Waals surface area contributed by atoms with Gasteiger partial charge in [0.05, 0.1) is 0 Å². The van der Waals surface area contributed by atoms with Gasteiger partial charge in [-0.3, -0.25) is 0 Å². The third-order valence-corrected chi connectivity index (χ3v) is 1.35. The van der Waals surface area contributed by atoms with Crippen molar-refractivity contribution in [2.75, 3.05) is 0 Å². The molecule has 1 aromatic rings. The van der Waals surface area contributed by atoms with E-state index in [4.69, 9.17) is 0 Å². The van der Waals surface area contributed by atoms with Crippen LogP contribution in [-0.4, -0.2) is 7.35 Å². The Bertz CT molecular complexity index is 311. The molecule has 0 atom stereocenters. The topological polar surface area (TPSA) is 26.3 Å². The minimum atomic E-state index is -4.41. The molecule has 0 N–H and O–H groups in total. The van der Waals surface area contributed by atoms with E-state index in [9.17, 15) is 17.9 Å². The first-order valence-corrected chi connectivity index (χ1v) is 3.31. The van der Waals surface area contributed by atoms with Crippen LogP contribution < -0.4 is 4.65 Å². The maximum absolute atomic E-state index is 12.1. The number of hydrogen-bond acceptors (Lipinski definition) is 2. The van der Waals surface area contributed by atoms with Crippen molar-refractivity contribution >= 4 is 7.35 Å². The van der Waals surface area contributed by atoms with Crippen molar-refractivity contribution in [3.05, 3.63) is 29.8 Å². The van der Waals surface area contributed by atoms with Gasteiger partial charge in [-0.05, 0) is 0 Å². The van der Waals surface area contributed by atoms with Crippen LogP contribution in [0.5, 0.6) is 5.75 Å². The molecule has 68 valence electrons. The quantitative estimate of drug-likeness (QED) is 0.663. The summed E-state index contributed by atoms with van der Waals surface area (Å²) in [5, 5.41) is 0. The van der Waals surface area contributed by atoms with Crippen LogP contribution in [0.4, 0.5) is 13.2 Å². The summed E-state index contributed by atoms with van der Waals surface area (Å²) in [7, 11) is 0.0789. The van der Waals surface area contributed by atoms with Crippen LogP contribution in [0, 0.1) is 0 Å². The van der Waals surface area contributed by atoms with E-state index >= 15 is 0 Å². The van der Waals surface area contributed by atoms with Gasteiger partial charge in [0.2, 0.25) is 0 Å². The molecule has 0 aromatic heterocycles. The summed E-state index contributed by atoms with van der Waals surface area (Å²) in [6.07, 6.45) is -4.41. The second-order valence-electron chi connectivity index (χ2n) is 2.24. The molecule has 0 radical (unpaired) electrons. The Morgan fingerprint density at radius 1 is 1.31 bits per heavy atom. The average Bonchev–Trinajstić information content (AvgIpc) is 2.04. The van der Waals surface area contributed by atoms with Crippen molar-refractivity contribution in [1.82, 2.24) is 0 Å². The van der Waals surface area contributed by atoms with E-state index < -0.39 is 11.7 Å². The Labute approximate surface area is 72.6 Å². The molecule has 0 aliphatic heterocycles. The third kappa shape index (κ3) is 2.57. The fourth-order valence-electron chi connectivity index (χ4n) is 0.801. The van der Waals surface area contributed by atoms with Crippen molar-refractivity contribution in [3.63, 3.8) is 0 Å². The van der Waals surface area contributed by atoms with Gasteiger partial charge in [0, 0.05) is 0 Å². The Kier molecular flexibility index (Phi) is 2.70. The molecule has 0 fully saturated rings. The first-order chi connectivity index (χ1) is 6.04. The molecule has 0 amide bonds. The molecule has 13 heavy (non-hydrogen) atoms. The Hall–Kier alpha value is -1.33. The molecule has 1 aromatic carbocycles. The summed E-state index contributed by atoms with van der Waals surface area (Å²) in [5.74, 6) is -0.121. The number of rotatable bonds is 2. The molecule has 0 heterocycles. The molecule has 0 bridgehead atoms. The van der Waals surface area contributed by atoms with E-state index in [1.807, 2.05) is 0 Å². The molecule has 0 aliphatic carbocycles. The zero-order valence-corrected chi connectivity index (χ0v) is 6.34. The molecule has 0 saturated heterocycles. The SMILES string of the molecule is O=BOc1cccc(C(F)(F)F)c1. The third-order valence-electron chi connectivity index (χ3n) is 1.35. The summed E-state index contributed by atoms with van der Waals surface area (Å²) in [4.78, 5) is 0. The van der Waals surface area contributed by atoms with Crippen LogP contribution >= 0.6 is 0 Å². The van der Waals surface area contributed by atoms with Gasteiger partial charge in [-0.2, -0.15) is 0 Å². The zero-order valence-electron chi connectivity index (χ0n) is 6.34. The Balaban J connectivity index is 2.98. The Morgan fingerprint density at radius 3 is 2.54 bits per heavy atom. The van der Waals surface area contributed by atoms with Crippen LogP contribution in [0.1, 0.15) is 5.56 Å². The molecule has 0 spiro atoms. The fourth-order valence-corrected chi connectivity index (χ4v) is 0.801. The van der Waals surface area contributed by atoms with Crippen molar-refractivity contribution in [2.24, 2.45) is 0 Å². The summed E-state index contributed by atoms with van der Waals surface area (Å²) < 4.78 is 50.3. The first kappa shape index (κ1) is 9.76. The summed E-state index contributed by atoms with van der Waals surface area (Å²) in [6, 6.07) is 4.09. The molecule has 0 unspecified atom stereocenters. The van der Waals surface area contributed by atoms with E-state index in [-0.39, 0.29) is 13.1 Å². The van der Waals surface area contributed by atoms with Crippen molar-refractivity contribution in [2.45, 2.75) is 6.18 Å². The molecule has 6 heteroatoms. The normalized spacial score (nSPS) is 10.7. The number of hydrogen-bond donors (Lipinski definition) is 0. The second kappa shape index (κ2) is 3.59. The maximum atomic E-state index is 12.1. The predicted octanol–water partition coefficient (Wildman–Crippen LogP) is 2.05. The molecule has 2 nitrogen and oxygen atoms in total. The number of benzene rings is 1. The van der Waals surface area contributed by atoms with Crippen LogP contribution in [-0.2, 0) is 10.9 Å². The van der Waals surface area contributed by atoms with Crippen molar-refractivity contribution in [3.8, 4) is 5.75 Å². The second-order valence-corrected chi connectivity index (χ2v) is 2.24. The zero-order chi connectivity index (χ0) is 9.90. The van der Waals surface area contributed by atoms with Gasteiger partial charge in [0.1, 0.15) is 0 Å². The van der Waals surface area contributed by atoms with E-state index in [0.717, 1.165) is 12.1 Å². The van der Waals surface area contributed by atoms with E-state index in [2.05, 4.69) is 4.65 Å². The average molecular weight is 188 g/mol. The number of halogens is 3. The summed E-state index contributed by atoms with van der Waals surface area (Å²) in [6.45, 7) is 0. The summed E-state index contributed by atoms with van der Waals surface area (Å²) in [5.41, 5.74) is -0.841. The van der Waals surface area contributed by atoms with Crippen LogP contribution in [0.15, 0.2) is 24.3 Å². The van der Waals surface area contributed by atoms with Gasteiger partial charge < -0.3 is 0 Å². The van der Waals surface area contributed by atoms with Crippen LogP contribution in [0.25, 0.3) is 0 Å². The van der Waals surface area contributed by atoms with Crippen molar-refractivity contribution in [1.29, 1.82) is 0 Å². The number of alkyl halides is 3. The molecule has 0 aliphatic rings. The van der Waals surface area contributed by atoms with Gasteiger partial charge >= 0.3 is 71.6 Å². The molecule has 1 rings (SSSR count). The van der Waals surface area contributed by atoms with Crippen LogP contribution in [0.3, 0.4) is 0 Å². The fraction of sp³-hybridized carbons (Fsp3) is 0.143. The Morgan fingerprint density at radius 2 is 2.00 bits per heavy atom. The summed E-state index contributed by atoms with van der Waals surface area (Å²) >= 11 is 0. The van der Waals surface area contributed by atoms with Gasteiger partial charge in [0.25, 0.3) is 0 Å².